The smallest absolute Gasteiger partial charge is 0.202 e. The molecule has 3 rings (SSSR count). The van der Waals surface area contributed by atoms with E-state index in [9.17, 15) is 4.79 Å². The van der Waals surface area contributed by atoms with Crippen molar-refractivity contribution in [1.29, 1.82) is 0 Å². The first-order chi connectivity index (χ1) is 9.65. The third-order valence-corrected chi connectivity index (χ3v) is 4.21. The molecule has 2 aromatic rings. The van der Waals surface area contributed by atoms with Gasteiger partial charge in [0.15, 0.2) is 11.4 Å². The molecule has 1 fully saturated rings. The van der Waals surface area contributed by atoms with Crippen molar-refractivity contribution in [2.45, 2.75) is 45.6 Å². The standard InChI is InChI=1S/C15H20N4O/c1-10(20)12-7-13-14(17-8-12)18-15(16)19(13)9-11-5-3-2-4-6-11/h7-8,11H,2-6,9H2,1H3,(H2,16,17,18). The van der Waals surface area contributed by atoms with E-state index in [1.165, 1.54) is 32.1 Å². The molecule has 1 aliphatic rings. The van der Waals surface area contributed by atoms with E-state index in [2.05, 4.69) is 9.97 Å². The van der Waals surface area contributed by atoms with Crippen LogP contribution in [0, 0.1) is 5.92 Å². The van der Waals surface area contributed by atoms with Gasteiger partial charge in [-0.1, -0.05) is 19.3 Å². The maximum Gasteiger partial charge on any atom is 0.202 e. The van der Waals surface area contributed by atoms with E-state index >= 15 is 0 Å². The van der Waals surface area contributed by atoms with Crippen LogP contribution in [-0.4, -0.2) is 20.3 Å². The minimum atomic E-state index is 0.0170. The zero-order valence-corrected chi connectivity index (χ0v) is 11.8. The Labute approximate surface area is 118 Å². The predicted molar refractivity (Wildman–Crippen MR) is 78.5 cm³/mol. The molecule has 1 aliphatic carbocycles. The van der Waals surface area contributed by atoms with Crippen molar-refractivity contribution in [2.24, 2.45) is 5.92 Å². The second kappa shape index (κ2) is 5.23. The largest absolute Gasteiger partial charge is 0.369 e. The number of rotatable bonds is 3. The lowest BCUT2D eigenvalue weighted by Gasteiger charge is -2.22. The molecule has 0 radical (unpaired) electrons. The Bertz CT molecular complexity index is 641. The second-order valence-electron chi connectivity index (χ2n) is 5.71. The number of pyridine rings is 1. The van der Waals surface area contributed by atoms with E-state index < -0.39 is 0 Å². The summed E-state index contributed by atoms with van der Waals surface area (Å²) < 4.78 is 2.02. The van der Waals surface area contributed by atoms with Gasteiger partial charge < -0.3 is 10.3 Å². The van der Waals surface area contributed by atoms with Crippen molar-refractivity contribution in [1.82, 2.24) is 14.5 Å². The van der Waals surface area contributed by atoms with Gasteiger partial charge in [-0.25, -0.2) is 4.98 Å². The Kier molecular flexibility index (Phi) is 3.42. The Morgan fingerprint density at radius 1 is 1.40 bits per heavy atom. The van der Waals surface area contributed by atoms with E-state index in [4.69, 9.17) is 5.73 Å². The van der Waals surface area contributed by atoms with Crippen LogP contribution in [0.4, 0.5) is 5.95 Å². The summed E-state index contributed by atoms with van der Waals surface area (Å²) in [5.74, 6) is 1.17. The zero-order valence-electron chi connectivity index (χ0n) is 11.8. The van der Waals surface area contributed by atoms with Crippen molar-refractivity contribution in [3.8, 4) is 0 Å². The van der Waals surface area contributed by atoms with Crippen molar-refractivity contribution in [2.75, 3.05) is 5.73 Å². The molecule has 2 N–H and O–H groups in total. The second-order valence-corrected chi connectivity index (χ2v) is 5.71. The van der Waals surface area contributed by atoms with Gasteiger partial charge in [-0.2, -0.15) is 4.98 Å². The lowest BCUT2D eigenvalue weighted by molar-refractivity contribution is 0.101. The molecule has 0 amide bonds. The Balaban J connectivity index is 1.97. The molecule has 106 valence electrons. The van der Waals surface area contributed by atoms with Gasteiger partial charge >= 0.3 is 0 Å². The number of nitrogen functional groups attached to an aromatic ring is 1. The van der Waals surface area contributed by atoms with Crippen LogP contribution in [0.15, 0.2) is 12.3 Å². The summed E-state index contributed by atoms with van der Waals surface area (Å²) in [6.45, 7) is 2.43. The predicted octanol–water partition coefficient (Wildman–Crippen LogP) is 2.80. The van der Waals surface area contributed by atoms with E-state index in [-0.39, 0.29) is 5.78 Å². The molecule has 20 heavy (non-hydrogen) atoms. The summed E-state index contributed by atoms with van der Waals surface area (Å²) in [6, 6.07) is 1.86. The number of anilines is 1. The first-order valence-electron chi connectivity index (χ1n) is 7.28. The molecule has 0 bridgehead atoms. The average Bonchev–Trinajstić information content (AvgIpc) is 2.75. The van der Waals surface area contributed by atoms with Crippen molar-refractivity contribution >= 4 is 22.9 Å². The fourth-order valence-electron chi connectivity index (χ4n) is 3.04. The zero-order chi connectivity index (χ0) is 14.1. The lowest BCUT2D eigenvalue weighted by Crippen LogP contribution is -2.15. The first-order valence-corrected chi connectivity index (χ1v) is 7.28. The molecule has 0 spiro atoms. The van der Waals surface area contributed by atoms with E-state index in [0.29, 0.717) is 23.1 Å². The Hall–Kier alpha value is -1.91. The minimum absolute atomic E-state index is 0.0170. The van der Waals surface area contributed by atoms with Crippen LogP contribution in [0.5, 0.6) is 0 Å². The quantitative estimate of drug-likeness (QED) is 0.872. The number of nitrogens with zero attached hydrogens (tertiary/aromatic N) is 3. The number of fused-ring (bicyclic) bond motifs is 1. The molecular weight excluding hydrogens is 252 g/mol. The van der Waals surface area contributed by atoms with Gasteiger partial charge in [-0.3, -0.25) is 4.79 Å². The van der Waals surface area contributed by atoms with E-state index in [0.717, 1.165) is 12.1 Å². The average molecular weight is 272 g/mol. The molecular formula is C15H20N4O. The van der Waals surface area contributed by atoms with Gasteiger partial charge in [0.1, 0.15) is 0 Å². The van der Waals surface area contributed by atoms with Gasteiger partial charge in [0.05, 0.1) is 5.52 Å². The van der Waals surface area contributed by atoms with Gasteiger partial charge in [0, 0.05) is 18.3 Å². The number of nitrogens with two attached hydrogens (primary N) is 1. The summed E-state index contributed by atoms with van der Waals surface area (Å²) in [5, 5.41) is 0. The number of Topliss-reactive ketones (excluding diaryl/α,β-unsaturated/α-hetero) is 1. The van der Waals surface area contributed by atoms with Crippen LogP contribution in [0.1, 0.15) is 49.4 Å². The fourth-order valence-corrected chi connectivity index (χ4v) is 3.04. The molecule has 2 heterocycles. The van der Waals surface area contributed by atoms with Crippen molar-refractivity contribution in [3.63, 3.8) is 0 Å². The maximum absolute atomic E-state index is 11.5. The lowest BCUT2D eigenvalue weighted by atomic mass is 9.89. The van der Waals surface area contributed by atoms with Crippen LogP contribution in [0.2, 0.25) is 0 Å². The summed E-state index contributed by atoms with van der Waals surface area (Å²) in [4.78, 5) is 20.0. The highest BCUT2D eigenvalue weighted by atomic mass is 16.1. The van der Waals surface area contributed by atoms with Gasteiger partial charge in [-0.05, 0) is 31.7 Å². The van der Waals surface area contributed by atoms with Crippen LogP contribution >= 0.6 is 0 Å². The van der Waals surface area contributed by atoms with Crippen LogP contribution in [-0.2, 0) is 6.54 Å². The van der Waals surface area contributed by atoms with Crippen LogP contribution in [0.25, 0.3) is 11.2 Å². The van der Waals surface area contributed by atoms with Gasteiger partial charge in [-0.15, -0.1) is 0 Å². The Morgan fingerprint density at radius 3 is 2.85 bits per heavy atom. The number of aromatic nitrogens is 3. The van der Waals surface area contributed by atoms with Crippen molar-refractivity contribution in [3.05, 3.63) is 17.8 Å². The van der Waals surface area contributed by atoms with Crippen molar-refractivity contribution < 1.29 is 4.79 Å². The number of carbonyl (C=O) groups is 1. The normalized spacial score (nSPS) is 16.6. The summed E-state index contributed by atoms with van der Waals surface area (Å²) in [6.07, 6.45) is 8.01. The molecule has 0 unspecified atom stereocenters. The Morgan fingerprint density at radius 2 is 2.15 bits per heavy atom. The minimum Gasteiger partial charge on any atom is -0.369 e. The SMILES string of the molecule is CC(=O)c1cnc2nc(N)n(CC3CCCCC3)c2c1. The molecule has 0 aromatic carbocycles. The number of imidazole rings is 1. The summed E-state index contributed by atoms with van der Waals surface area (Å²) in [5.41, 5.74) is 8.14. The number of ketones is 1. The highest BCUT2D eigenvalue weighted by molar-refractivity contribution is 5.96. The third kappa shape index (κ3) is 2.40. The maximum atomic E-state index is 11.5. The molecule has 5 heteroatoms. The number of hydrogen-bond donors (Lipinski definition) is 1. The van der Waals surface area contributed by atoms with E-state index in [1.807, 2.05) is 10.6 Å². The third-order valence-electron chi connectivity index (χ3n) is 4.21. The molecule has 2 aromatic heterocycles. The fraction of sp³-hybridized carbons (Fsp3) is 0.533. The van der Waals surface area contributed by atoms with Crippen LogP contribution in [0.3, 0.4) is 0 Å². The molecule has 1 saturated carbocycles. The summed E-state index contributed by atoms with van der Waals surface area (Å²) >= 11 is 0. The highest BCUT2D eigenvalue weighted by Gasteiger charge is 2.18. The topological polar surface area (TPSA) is 73.8 Å². The number of carbonyl (C=O) groups excluding carboxylic acids is 1. The molecule has 0 atom stereocenters. The number of hydrogen-bond acceptors (Lipinski definition) is 4. The molecule has 5 nitrogen and oxygen atoms in total. The highest BCUT2D eigenvalue weighted by Crippen LogP contribution is 2.27. The van der Waals surface area contributed by atoms with Gasteiger partial charge in [0.2, 0.25) is 5.95 Å². The summed E-state index contributed by atoms with van der Waals surface area (Å²) in [7, 11) is 0. The van der Waals surface area contributed by atoms with E-state index in [1.54, 1.807) is 13.1 Å². The first kappa shape index (κ1) is 13.1. The van der Waals surface area contributed by atoms with Crippen LogP contribution < -0.4 is 5.73 Å². The monoisotopic (exact) mass is 272 g/mol. The molecule has 0 aliphatic heterocycles. The van der Waals surface area contributed by atoms with Gasteiger partial charge in [0.25, 0.3) is 0 Å². The molecule has 0 saturated heterocycles.